The van der Waals surface area contributed by atoms with Crippen LogP contribution in [0, 0.1) is 5.92 Å². The Morgan fingerprint density at radius 3 is 2.43 bits per heavy atom. The van der Waals surface area contributed by atoms with Gasteiger partial charge in [-0.2, -0.15) is 0 Å². The molecule has 1 fully saturated rings. The van der Waals surface area contributed by atoms with Gasteiger partial charge in [0.25, 0.3) is 11.8 Å². The molecule has 0 saturated carbocycles. The van der Waals surface area contributed by atoms with Crippen molar-refractivity contribution in [2.45, 2.75) is 39.7 Å². The summed E-state index contributed by atoms with van der Waals surface area (Å²) in [4.78, 5) is 26.4. The second kappa shape index (κ2) is 6.74. The minimum atomic E-state index is -0.132. The topological polar surface area (TPSA) is 49.4 Å². The van der Waals surface area contributed by atoms with Crippen LogP contribution in [-0.4, -0.2) is 35.8 Å². The molecule has 1 aromatic carbocycles. The van der Waals surface area contributed by atoms with E-state index in [4.69, 9.17) is 0 Å². The fourth-order valence-corrected chi connectivity index (χ4v) is 2.53. The number of benzene rings is 1. The molecule has 1 N–H and O–H groups in total. The van der Waals surface area contributed by atoms with Crippen molar-refractivity contribution in [3.05, 3.63) is 35.4 Å². The summed E-state index contributed by atoms with van der Waals surface area (Å²) in [6, 6.07) is 7.08. The molecule has 0 aliphatic carbocycles. The van der Waals surface area contributed by atoms with Gasteiger partial charge in [-0.05, 0) is 50.8 Å². The summed E-state index contributed by atoms with van der Waals surface area (Å²) in [5.41, 5.74) is 1.14. The summed E-state index contributed by atoms with van der Waals surface area (Å²) in [7, 11) is 0. The Hall–Kier alpha value is -1.84. The maximum Gasteiger partial charge on any atom is 0.253 e. The van der Waals surface area contributed by atoms with Gasteiger partial charge in [-0.1, -0.05) is 13.0 Å². The monoisotopic (exact) mass is 288 g/mol. The molecule has 114 valence electrons. The Labute approximate surface area is 126 Å². The standard InChI is InChI=1S/C17H24N2O2/c1-12(2)18-16(20)14-5-4-6-15(11-14)17(21)19-9-7-13(3)8-10-19/h4-6,11-13H,7-10H2,1-3H3,(H,18,20). The molecule has 0 atom stereocenters. The van der Waals surface area contributed by atoms with E-state index in [2.05, 4.69) is 12.2 Å². The van der Waals surface area contributed by atoms with E-state index in [-0.39, 0.29) is 17.9 Å². The van der Waals surface area contributed by atoms with Crippen molar-refractivity contribution < 1.29 is 9.59 Å². The number of carbonyl (C=O) groups is 2. The number of hydrogen-bond donors (Lipinski definition) is 1. The van der Waals surface area contributed by atoms with E-state index >= 15 is 0 Å². The Balaban J connectivity index is 2.09. The molecule has 1 saturated heterocycles. The van der Waals surface area contributed by atoms with Crippen LogP contribution in [0.5, 0.6) is 0 Å². The Bertz CT molecular complexity index is 517. The summed E-state index contributed by atoms with van der Waals surface area (Å²) in [5.74, 6) is 0.588. The predicted octanol–water partition coefficient (Wildman–Crippen LogP) is 2.70. The second-order valence-corrected chi connectivity index (χ2v) is 6.18. The Morgan fingerprint density at radius 1 is 1.19 bits per heavy atom. The first-order valence-electron chi connectivity index (χ1n) is 7.67. The van der Waals surface area contributed by atoms with E-state index in [1.54, 1.807) is 24.3 Å². The summed E-state index contributed by atoms with van der Waals surface area (Å²) in [6.07, 6.45) is 2.11. The van der Waals surface area contributed by atoms with Crippen LogP contribution >= 0.6 is 0 Å². The predicted molar refractivity (Wildman–Crippen MR) is 83.3 cm³/mol. The smallest absolute Gasteiger partial charge is 0.253 e. The third-order valence-corrected chi connectivity index (χ3v) is 3.86. The third kappa shape index (κ3) is 4.06. The van der Waals surface area contributed by atoms with Gasteiger partial charge in [0.15, 0.2) is 0 Å². The van der Waals surface area contributed by atoms with E-state index in [0.29, 0.717) is 17.0 Å². The number of hydrogen-bond acceptors (Lipinski definition) is 2. The Kier molecular flexibility index (Phi) is 4.99. The molecule has 2 amide bonds. The van der Waals surface area contributed by atoms with Gasteiger partial charge in [-0.25, -0.2) is 0 Å². The molecule has 0 unspecified atom stereocenters. The molecule has 1 aliphatic heterocycles. The SMILES string of the molecule is CC1CCN(C(=O)c2cccc(C(=O)NC(C)C)c2)CC1. The number of likely N-dealkylation sites (tertiary alicyclic amines) is 1. The van der Waals surface area contributed by atoms with Gasteiger partial charge in [-0.15, -0.1) is 0 Å². The lowest BCUT2D eigenvalue weighted by atomic mass is 9.98. The minimum Gasteiger partial charge on any atom is -0.350 e. The van der Waals surface area contributed by atoms with Crippen molar-refractivity contribution in [1.82, 2.24) is 10.2 Å². The van der Waals surface area contributed by atoms with Crippen LogP contribution in [0.1, 0.15) is 54.3 Å². The van der Waals surface area contributed by atoms with Crippen molar-refractivity contribution in [2.24, 2.45) is 5.92 Å². The highest BCUT2D eigenvalue weighted by molar-refractivity contribution is 5.99. The van der Waals surface area contributed by atoms with Crippen LogP contribution in [0.15, 0.2) is 24.3 Å². The number of amides is 2. The molecule has 0 bridgehead atoms. The van der Waals surface area contributed by atoms with Crippen molar-refractivity contribution in [3.8, 4) is 0 Å². The molecule has 0 spiro atoms. The highest BCUT2D eigenvalue weighted by Gasteiger charge is 2.22. The van der Waals surface area contributed by atoms with Crippen molar-refractivity contribution in [2.75, 3.05) is 13.1 Å². The van der Waals surface area contributed by atoms with E-state index in [0.717, 1.165) is 25.9 Å². The van der Waals surface area contributed by atoms with Gasteiger partial charge in [0, 0.05) is 30.3 Å². The quantitative estimate of drug-likeness (QED) is 0.929. The van der Waals surface area contributed by atoms with Gasteiger partial charge in [0.2, 0.25) is 0 Å². The van der Waals surface area contributed by atoms with Gasteiger partial charge >= 0.3 is 0 Å². The minimum absolute atomic E-state index is 0.0288. The van der Waals surface area contributed by atoms with Crippen LogP contribution in [0.3, 0.4) is 0 Å². The summed E-state index contributed by atoms with van der Waals surface area (Å²) >= 11 is 0. The molecule has 0 radical (unpaired) electrons. The molecule has 0 aromatic heterocycles. The number of nitrogens with zero attached hydrogens (tertiary/aromatic N) is 1. The normalized spacial score (nSPS) is 16.1. The maximum atomic E-state index is 12.5. The molecular formula is C17H24N2O2. The van der Waals surface area contributed by atoms with Gasteiger partial charge < -0.3 is 10.2 Å². The fourth-order valence-electron chi connectivity index (χ4n) is 2.53. The average molecular weight is 288 g/mol. The zero-order valence-corrected chi connectivity index (χ0v) is 13.1. The largest absolute Gasteiger partial charge is 0.350 e. The molecule has 1 heterocycles. The summed E-state index contributed by atoms with van der Waals surface area (Å²) in [6.45, 7) is 7.67. The number of carbonyl (C=O) groups excluding carboxylic acids is 2. The molecule has 1 aromatic rings. The van der Waals surface area contributed by atoms with Gasteiger partial charge in [-0.3, -0.25) is 9.59 Å². The highest BCUT2D eigenvalue weighted by atomic mass is 16.2. The fraction of sp³-hybridized carbons (Fsp3) is 0.529. The van der Waals surface area contributed by atoms with Crippen molar-refractivity contribution in [3.63, 3.8) is 0 Å². The van der Waals surface area contributed by atoms with E-state index in [1.807, 2.05) is 18.7 Å². The van der Waals surface area contributed by atoms with Crippen LogP contribution in [0.2, 0.25) is 0 Å². The summed E-state index contributed by atoms with van der Waals surface area (Å²) < 4.78 is 0. The first-order chi connectivity index (χ1) is 9.97. The van der Waals surface area contributed by atoms with Crippen LogP contribution in [0.4, 0.5) is 0 Å². The molecule has 1 aliphatic rings. The van der Waals surface area contributed by atoms with E-state index in [9.17, 15) is 9.59 Å². The molecule has 4 heteroatoms. The van der Waals surface area contributed by atoms with Crippen LogP contribution in [-0.2, 0) is 0 Å². The average Bonchev–Trinajstić information content (AvgIpc) is 2.47. The number of rotatable bonds is 3. The number of piperidine rings is 1. The van der Waals surface area contributed by atoms with E-state index < -0.39 is 0 Å². The lowest BCUT2D eigenvalue weighted by Crippen LogP contribution is -2.38. The Morgan fingerprint density at radius 2 is 1.81 bits per heavy atom. The second-order valence-electron chi connectivity index (χ2n) is 6.18. The lowest BCUT2D eigenvalue weighted by molar-refractivity contribution is 0.0697. The molecule has 4 nitrogen and oxygen atoms in total. The van der Waals surface area contributed by atoms with Crippen molar-refractivity contribution >= 4 is 11.8 Å². The first kappa shape index (κ1) is 15.5. The molecule has 21 heavy (non-hydrogen) atoms. The van der Waals surface area contributed by atoms with E-state index in [1.165, 1.54) is 0 Å². The van der Waals surface area contributed by atoms with Crippen molar-refractivity contribution in [1.29, 1.82) is 0 Å². The van der Waals surface area contributed by atoms with Crippen LogP contribution < -0.4 is 5.32 Å². The summed E-state index contributed by atoms with van der Waals surface area (Å²) in [5, 5.41) is 2.85. The maximum absolute atomic E-state index is 12.5. The van der Waals surface area contributed by atoms with Crippen LogP contribution in [0.25, 0.3) is 0 Å². The highest BCUT2D eigenvalue weighted by Crippen LogP contribution is 2.18. The molecular weight excluding hydrogens is 264 g/mol. The molecule has 2 rings (SSSR count). The third-order valence-electron chi connectivity index (χ3n) is 3.86. The number of nitrogens with one attached hydrogen (secondary N) is 1. The zero-order chi connectivity index (χ0) is 15.4. The van der Waals surface area contributed by atoms with Gasteiger partial charge in [0.1, 0.15) is 0 Å². The van der Waals surface area contributed by atoms with Gasteiger partial charge in [0.05, 0.1) is 0 Å². The lowest BCUT2D eigenvalue weighted by Gasteiger charge is -2.30. The first-order valence-corrected chi connectivity index (χ1v) is 7.67. The zero-order valence-electron chi connectivity index (χ0n) is 13.1.